The van der Waals surface area contributed by atoms with E-state index in [2.05, 4.69) is 4.90 Å². The van der Waals surface area contributed by atoms with Crippen molar-refractivity contribution in [2.75, 3.05) is 47.4 Å². The summed E-state index contributed by atoms with van der Waals surface area (Å²) in [6.45, 7) is 2.93. The minimum Gasteiger partial charge on any atom is -0.381 e. The van der Waals surface area contributed by atoms with Gasteiger partial charge in [0, 0.05) is 26.8 Å². The van der Waals surface area contributed by atoms with Gasteiger partial charge in [0.15, 0.2) is 0 Å². The van der Waals surface area contributed by atoms with Crippen molar-refractivity contribution in [1.29, 1.82) is 0 Å². The first kappa shape index (κ1) is 14.4. The van der Waals surface area contributed by atoms with Crippen LogP contribution in [0.3, 0.4) is 0 Å². The van der Waals surface area contributed by atoms with Gasteiger partial charge in [-0.3, -0.25) is 4.79 Å². The number of nitrogens with zero attached hydrogens (tertiary/aromatic N) is 2. The van der Waals surface area contributed by atoms with Crippen LogP contribution in [0.15, 0.2) is 0 Å². The summed E-state index contributed by atoms with van der Waals surface area (Å²) in [7, 11) is 5.90. The van der Waals surface area contributed by atoms with E-state index in [0.29, 0.717) is 26.1 Å². The summed E-state index contributed by atoms with van der Waals surface area (Å²) in [6, 6.07) is 0. The highest BCUT2D eigenvalue weighted by atomic mass is 16.5. The van der Waals surface area contributed by atoms with Gasteiger partial charge >= 0.3 is 0 Å². The molecule has 0 aromatic carbocycles. The fourth-order valence-electron chi connectivity index (χ4n) is 2.06. The van der Waals surface area contributed by atoms with Gasteiger partial charge in [-0.25, -0.2) is 0 Å². The molecule has 0 aromatic heterocycles. The van der Waals surface area contributed by atoms with Gasteiger partial charge in [-0.15, -0.1) is 0 Å². The Morgan fingerprint density at radius 3 is 2.35 bits per heavy atom. The van der Waals surface area contributed by atoms with Crippen molar-refractivity contribution in [2.45, 2.75) is 24.8 Å². The molecule has 1 amide bonds. The molecule has 0 radical (unpaired) electrons. The van der Waals surface area contributed by atoms with E-state index in [4.69, 9.17) is 10.5 Å². The number of likely N-dealkylation sites (N-methyl/N-ethyl adjacent to an activating group) is 1. The Morgan fingerprint density at radius 2 is 1.82 bits per heavy atom. The van der Waals surface area contributed by atoms with E-state index in [1.165, 1.54) is 0 Å². The van der Waals surface area contributed by atoms with E-state index >= 15 is 0 Å². The summed E-state index contributed by atoms with van der Waals surface area (Å²) in [5.74, 6) is 0.0551. The normalized spacial score (nSPS) is 19.4. The Hall–Kier alpha value is -0.650. The Balaban J connectivity index is 2.39. The van der Waals surface area contributed by atoms with Crippen LogP contribution in [0, 0.1) is 0 Å². The number of nitrogens with two attached hydrogens (primary N) is 1. The van der Waals surface area contributed by atoms with Crippen LogP contribution in [0.25, 0.3) is 0 Å². The van der Waals surface area contributed by atoms with Gasteiger partial charge in [0.2, 0.25) is 5.91 Å². The second-order valence-electron chi connectivity index (χ2n) is 5.15. The van der Waals surface area contributed by atoms with Crippen LogP contribution < -0.4 is 5.73 Å². The fourth-order valence-corrected chi connectivity index (χ4v) is 2.06. The van der Waals surface area contributed by atoms with Crippen molar-refractivity contribution in [3.05, 3.63) is 0 Å². The predicted molar refractivity (Wildman–Crippen MR) is 67.8 cm³/mol. The Morgan fingerprint density at radius 1 is 1.24 bits per heavy atom. The van der Waals surface area contributed by atoms with Gasteiger partial charge in [-0.05, 0) is 39.9 Å². The average molecular weight is 243 g/mol. The summed E-state index contributed by atoms with van der Waals surface area (Å²) in [4.78, 5) is 16.1. The largest absolute Gasteiger partial charge is 0.381 e. The van der Waals surface area contributed by atoms with Gasteiger partial charge in [-0.1, -0.05) is 0 Å². The maximum atomic E-state index is 12.2. The number of carbonyl (C=O) groups is 1. The van der Waals surface area contributed by atoms with Crippen LogP contribution in [0.1, 0.15) is 19.3 Å². The summed E-state index contributed by atoms with van der Waals surface area (Å²) in [6.07, 6.45) is 2.23. The SMILES string of the molecule is CN(C)CCCN(C)C(=O)C1(N)CCOCC1. The van der Waals surface area contributed by atoms with E-state index in [0.717, 1.165) is 19.5 Å². The van der Waals surface area contributed by atoms with E-state index < -0.39 is 5.54 Å². The molecular weight excluding hydrogens is 218 g/mol. The predicted octanol–water partition coefficient (Wildman–Crippen LogP) is -0.0956. The topological polar surface area (TPSA) is 58.8 Å². The first-order chi connectivity index (χ1) is 7.96. The van der Waals surface area contributed by atoms with Gasteiger partial charge in [0.25, 0.3) is 0 Å². The lowest BCUT2D eigenvalue weighted by molar-refractivity contribution is -0.139. The molecule has 5 nitrogen and oxygen atoms in total. The molecule has 0 saturated carbocycles. The van der Waals surface area contributed by atoms with Crippen LogP contribution >= 0.6 is 0 Å². The summed E-state index contributed by atoms with van der Waals surface area (Å²) in [5.41, 5.74) is 5.45. The zero-order valence-electron chi connectivity index (χ0n) is 11.2. The van der Waals surface area contributed by atoms with Crippen LogP contribution in [-0.4, -0.2) is 68.7 Å². The lowest BCUT2D eigenvalue weighted by Crippen LogP contribution is -2.57. The van der Waals surface area contributed by atoms with Crippen molar-refractivity contribution in [2.24, 2.45) is 5.73 Å². The molecule has 1 aliphatic heterocycles. The van der Waals surface area contributed by atoms with Gasteiger partial charge in [0.1, 0.15) is 0 Å². The van der Waals surface area contributed by atoms with Crippen LogP contribution in [0.5, 0.6) is 0 Å². The highest BCUT2D eigenvalue weighted by Gasteiger charge is 2.37. The van der Waals surface area contributed by atoms with Crippen molar-refractivity contribution in [1.82, 2.24) is 9.80 Å². The molecular formula is C12H25N3O2. The molecule has 0 aromatic rings. The van der Waals surface area contributed by atoms with Crippen molar-refractivity contribution in [3.63, 3.8) is 0 Å². The van der Waals surface area contributed by atoms with Crippen LogP contribution in [0.2, 0.25) is 0 Å². The molecule has 1 saturated heterocycles. The van der Waals surface area contributed by atoms with E-state index in [9.17, 15) is 4.79 Å². The monoisotopic (exact) mass is 243 g/mol. The second-order valence-corrected chi connectivity index (χ2v) is 5.15. The highest BCUT2D eigenvalue weighted by molar-refractivity contribution is 5.86. The molecule has 1 aliphatic rings. The number of carbonyl (C=O) groups excluding carboxylic acids is 1. The van der Waals surface area contributed by atoms with Crippen molar-refractivity contribution >= 4 is 5.91 Å². The molecule has 1 heterocycles. The zero-order chi connectivity index (χ0) is 12.9. The first-order valence-electron chi connectivity index (χ1n) is 6.22. The van der Waals surface area contributed by atoms with E-state index in [1.807, 2.05) is 21.1 Å². The Kier molecular flexibility index (Phi) is 5.36. The number of ether oxygens (including phenoxy) is 1. The molecule has 0 aliphatic carbocycles. The molecule has 0 unspecified atom stereocenters. The molecule has 5 heteroatoms. The Labute approximate surface area is 104 Å². The molecule has 1 fully saturated rings. The zero-order valence-corrected chi connectivity index (χ0v) is 11.2. The highest BCUT2D eigenvalue weighted by Crippen LogP contribution is 2.19. The van der Waals surface area contributed by atoms with Crippen molar-refractivity contribution < 1.29 is 9.53 Å². The third-order valence-electron chi connectivity index (χ3n) is 3.26. The summed E-state index contributed by atoms with van der Waals surface area (Å²) >= 11 is 0. The third kappa shape index (κ3) is 4.26. The molecule has 0 atom stereocenters. The molecule has 0 spiro atoms. The quantitative estimate of drug-likeness (QED) is 0.733. The average Bonchev–Trinajstić information content (AvgIpc) is 2.28. The van der Waals surface area contributed by atoms with Gasteiger partial charge in [-0.2, -0.15) is 0 Å². The lowest BCUT2D eigenvalue weighted by atomic mass is 9.90. The second kappa shape index (κ2) is 6.33. The van der Waals surface area contributed by atoms with E-state index in [1.54, 1.807) is 4.90 Å². The number of hydrogen-bond donors (Lipinski definition) is 1. The maximum absolute atomic E-state index is 12.2. The summed E-state index contributed by atoms with van der Waals surface area (Å²) in [5, 5.41) is 0. The summed E-state index contributed by atoms with van der Waals surface area (Å²) < 4.78 is 5.25. The molecule has 0 bridgehead atoms. The minimum absolute atomic E-state index is 0.0551. The van der Waals surface area contributed by atoms with Crippen LogP contribution in [0.4, 0.5) is 0 Å². The molecule has 100 valence electrons. The molecule has 17 heavy (non-hydrogen) atoms. The van der Waals surface area contributed by atoms with Gasteiger partial charge < -0.3 is 20.3 Å². The minimum atomic E-state index is -0.703. The first-order valence-corrected chi connectivity index (χ1v) is 6.22. The number of rotatable bonds is 5. The Bertz CT molecular complexity index is 250. The number of amides is 1. The third-order valence-corrected chi connectivity index (χ3v) is 3.26. The maximum Gasteiger partial charge on any atom is 0.242 e. The van der Waals surface area contributed by atoms with Gasteiger partial charge in [0.05, 0.1) is 5.54 Å². The number of hydrogen-bond acceptors (Lipinski definition) is 4. The van der Waals surface area contributed by atoms with Crippen molar-refractivity contribution in [3.8, 4) is 0 Å². The lowest BCUT2D eigenvalue weighted by Gasteiger charge is -2.35. The smallest absolute Gasteiger partial charge is 0.242 e. The fraction of sp³-hybridized carbons (Fsp3) is 0.917. The molecule has 2 N–H and O–H groups in total. The van der Waals surface area contributed by atoms with Crippen LogP contribution in [-0.2, 0) is 9.53 Å². The van der Waals surface area contributed by atoms with E-state index in [-0.39, 0.29) is 5.91 Å². The molecule has 1 rings (SSSR count). The standard InChI is InChI=1S/C12H25N3O2/c1-14(2)7-4-8-15(3)11(16)12(13)5-9-17-10-6-12/h4-10,13H2,1-3H3.